The van der Waals surface area contributed by atoms with Gasteiger partial charge in [-0.25, -0.2) is 0 Å². The summed E-state index contributed by atoms with van der Waals surface area (Å²) >= 11 is 0. The van der Waals surface area contributed by atoms with Crippen molar-refractivity contribution < 1.29 is 9.90 Å². The van der Waals surface area contributed by atoms with Crippen molar-refractivity contribution in [3.8, 4) is 5.75 Å². The number of fused-ring (bicyclic) bond motifs is 6. The number of ketones is 1. The van der Waals surface area contributed by atoms with Gasteiger partial charge < -0.3 is 10.4 Å². The quantitative estimate of drug-likeness (QED) is 0.331. The third-order valence-corrected chi connectivity index (χ3v) is 8.28. The van der Waals surface area contributed by atoms with Crippen molar-refractivity contribution in [1.29, 1.82) is 0 Å². The zero-order valence-electron chi connectivity index (χ0n) is 26.3. The van der Waals surface area contributed by atoms with Gasteiger partial charge in [0.05, 0.1) is 28.7 Å². The van der Waals surface area contributed by atoms with Crippen molar-refractivity contribution in [2.75, 3.05) is 0 Å². The summed E-state index contributed by atoms with van der Waals surface area (Å²) in [7, 11) is 0. The number of hydrogen-bond acceptors (Lipinski definition) is 6. The first kappa shape index (κ1) is 30.1. The molecule has 6 nitrogen and oxygen atoms in total. The van der Waals surface area contributed by atoms with Crippen LogP contribution in [-0.4, -0.2) is 29.5 Å². The summed E-state index contributed by atoms with van der Waals surface area (Å²) < 4.78 is 0. The fraction of sp³-hybridized carbons (Fsp3) is 0.351. The number of allylic oxidation sites excluding steroid dienone is 5. The minimum absolute atomic E-state index is 0.0147. The Morgan fingerprint density at radius 2 is 1.49 bits per heavy atom. The van der Waals surface area contributed by atoms with E-state index in [1.54, 1.807) is 24.8 Å². The molecule has 0 radical (unpaired) electrons. The molecule has 43 heavy (non-hydrogen) atoms. The molecule has 0 fully saturated rings. The number of carbonyl (C=O) groups excluding carboxylic acids is 1. The highest BCUT2D eigenvalue weighted by Crippen LogP contribution is 2.41. The van der Waals surface area contributed by atoms with E-state index in [0.717, 1.165) is 29.8 Å². The number of para-hydroxylation sites is 2. The number of benzene rings is 2. The van der Waals surface area contributed by atoms with Crippen molar-refractivity contribution in [3.63, 3.8) is 0 Å². The van der Waals surface area contributed by atoms with Gasteiger partial charge in [0.2, 0.25) is 0 Å². The van der Waals surface area contributed by atoms with Gasteiger partial charge >= 0.3 is 0 Å². The molecule has 0 aromatic heterocycles. The number of rotatable bonds is 0. The van der Waals surface area contributed by atoms with E-state index in [4.69, 9.17) is 15.0 Å². The maximum atomic E-state index is 13.9. The monoisotopic (exact) mass is 574 g/mol. The molecule has 1 heterocycles. The Morgan fingerprint density at radius 1 is 0.860 bits per heavy atom. The second-order valence-electron chi connectivity index (χ2n) is 13.6. The summed E-state index contributed by atoms with van der Waals surface area (Å²) in [5, 5.41) is 14.7. The number of aromatic hydroxyl groups is 1. The lowest BCUT2D eigenvalue weighted by Gasteiger charge is -2.35. The van der Waals surface area contributed by atoms with E-state index in [2.05, 4.69) is 65.9 Å². The summed E-state index contributed by atoms with van der Waals surface area (Å²) in [6, 6.07) is 11.6. The standard InChI is InChI=1S/C37H42N4O2/c1-23-28-22-41-33-15-11-10-14-32(33)39-20-25-17-27(36(2,3)4)16-24(34(25)42)19-38-30-12-8-9-13-31(30)40-21-26(35(28)43)18-29(23)37(5,6)7/h10-23,28,40,42H,8-9H2,1-7H3/b26-21-,38-19?,39-20?,41-22?. The second-order valence-corrected chi connectivity index (χ2v) is 13.6. The molecule has 2 unspecified atom stereocenters. The van der Waals surface area contributed by atoms with Crippen LogP contribution in [0.2, 0.25) is 0 Å². The molecule has 0 spiro atoms. The molecule has 2 aromatic rings. The number of nitrogens with zero attached hydrogens (tertiary/aromatic N) is 3. The first-order valence-corrected chi connectivity index (χ1v) is 15.1. The molecule has 0 saturated heterocycles. The Bertz CT molecular complexity index is 1650. The van der Waals surface area contributed by atoms with E-state index in [9.17, 15) is 9.90 Å². The average Bonchev–Trinajstić information content (AvgIpc) is 2.94. The fourth-order valence-electron chi connectivity index (χ4n) is 5.70. The molecule has 3 aliphatic rings. The first-order chi connectivity index (χ1) is 20.3. The van der Waals surface area contributed by atoms with Crippen LogP contribution in [-0.2, 0) is 10.2 Å². The predicted molar refractivity (Wildman–Crippen MR) is 178 cm³/mol. The number of Topliss-reactive ketones (excluding diaryl/α,β-unsaturated/α-hetero) is 1. The summed E-state index contributed by atoms with van der Waals surface area (Å²) in [5.74, 6) is -0.293. The van der Waals surface area contributed by atoms with Crippen LogP contribution in [0.25, 0.3) is 0 Å². The number of carbonyl (C=O) groups is 1. The van der Waals surface area contributed by atoms with Crippen LogP contribution in [0, 0.1) is 17.3 Å². The van der Waals surface area contributed by atoms with Gasteiger partial charge in [-0.15, -0.1) is 0 Å². The summed E-state index contributed by atoms with van der Waals surface area (Å²) in [5.41, 5.74) is 6.73. The van der Waals surface area contributed by atoms with Crippen molar-refractivity contribution in [1.82, 2.24) is 5.32 Å². The van der Waals surface area contributed by atoms with Crippen LogP contribution >= 0.6 is 0 Å². The number of phenolic OH excluding ortho intramolecular Hbond substituents is 1. The highest BCUT2D eigenvalue weighted by molar-refractivity contribution is 6.09. The van der Waals surface area contributed by atoms with Crippen LogP contribution in [0.3, 0.4) is 0 Å². The Kier molecular flexibility index (Phi) is 8.24. The average molecular weight is 575 g/mol. The summed E-state index contributed by atoms with van der Waals surface area (Å²) in [6.07, 6.45) is 14.9. The van der Waals surface area contributed by atoms with Gasteiger partial charge in [0.1, 0.15) is 5.75 Å². The minimum Gasteiger partial charge on any atom is -0.507 e. The van der Waals surface area contributed by atoms with E-state index in [1.165, 1.54) is 5.57 Å². The summed E-state index contributed by atoms with van der Waals surface area (Å²) in [6.45, 7) is 15.1. The van der Waals surface area contributed by atoms with Crippen molar-refractivity contribution in [3.05, 3.63) is 100 Å². The van der Waals surface area contributed by atoms with Crippen LogP contribution in [0.5, 0.6) is 5.75 Å². The molecule has 0 amide bonds. The molecule has 6 heteroatoms. The number of aliphatic imine (C=N–C) groups is 3. The molecular formula is C37H42N4O2. The molecule has 2 atom stereocenters. The van der Waals surface area contributed by atoms with E-state index in [1.807, 2.05) is 42.5 Å². The Morgan fingerprint density at radius 3 is 2.14 bits per heavy atom. The SMILES string of the molecule is CC1C(C(C)(C)C)=C/C2=C/NC3=CCCC=C3N=Cc3cc(C(C)(C)C)cc(c3O)C=Nc3ccccc3N=CC1C2=O. The van der Waals surface area contributed by atoms with Gasteiger partial charge in [0.15, 0.2) is 5.78 Å². The highest BCUT2D eigenvalue weighted by Gasteiger charge is 2.37. The van der Waals surface area contributed by atoms with E-state index >= 15 is 0 Å². The van der Waals surface area contributed by atoms with E-state index < -0.39 is 5.92 Å². The van der Waals surface area contributed by atoms with Gasteiger partial charge in [-0.3, -0.25) is 19.8 Å². The highest BCUT2D eigenvalue weighted by atomic mass is 16.3. The predicted octanol–water partition coefficient (Wildman–Crippen LogP) is 8.42. The normalized spacial score (nSPS) is 22.1. The molecule has 5 rings (SSSR count). The molecule has 2 aliphatic carbocycles. The first-order valence-electron chi connectivity index (χ1n) is 15.1. The third-order valence-electron chi connectivity index (χ3n) is 8.28. The van der Waals surface area contributed by atoms with Gasteiger partial charge in [-0.1, -0.05) is 78.3 Å². The lowest BCUT2D eigenvalue weighted by Crippen LogP contribution is -2.34. The molecule has 0 saturated carbocycles. The molecular weight excluding hydrogens is 532 g/mol. The Balaban J connectivity index is 1.71. The van der Waals surface area contributed by atoms with Crippen LogP contribution < -0.4 is 5.32 Å². The zero-order chi connectivity index (χ0) is 30.9. The van der Waals surface area contributed by atoms with Gasteiger partial charge in [-0.05, 0) is 65.5 Å². The topological polar surface area (TPSA) is 86.4 Å². The van der Waals surface area contributed by atoms with Crippen LogP contribution in [0.15, 0.2) is 98.3 Å². The molecule has 1 aliphatic heterocycles. The molecule has 2 N–H and O–H groups in total. The van der Waals surface area contributed by atoms with Crippen LogP contribution in [0.1, 0.15) is 78.0 Å². The van der Waals surface area contributed by atoms with E-state index in [0.29, 0.717) is 28.1 Å². The van der Waals surface area contributed by atoms with E-state index in [-0.39, 0.29) is 28.3 Å². The molecule has 2 aromatic carbocycles. The molecule has 222 valence electrons. The van der Waals surface area contributed by atoms with Crippen LogP contribution in [0.4, 0.5) is 11.4 Å². The smallest absolute Gasteiger partial charge is 0.173 e. The Hall–Kier alpha value is -4.32. The fourth-order valence-corrected chi connectivity index (χ4v) is 5.70. The van der Waals surface area contributed by atoms with Crippen molar-refractivity contribution >= 4 is 35.8 Å². The number of phenols is 1. The van der Waals surface area contributed by atoms with Gasteiger partial charge in [0.25, 0.3) is 0 Å². The van der Waals surface area contributed by atoms with Crippen molar-refractivity contribution in [2.24, 2.45) is 32.2 Å². The summed E-state index contributed by atoms with van der Waals surface area (Å²) in [4.78, 5) is 28.3. The zero-order valence-corrected chi connectivity index (χ0v) is 26.3. The maximum Gasteiger partial charge on any atom is 0.173 e. The lowest BCUT2D eigenvalue weighted by molar-refractivity contribution is -0.118. The largest absolute Gasteiger partial charge is 0.507 e. The Labute approximate surface area is 255 Å². The lowest BCUT2D eigenvalue weighted by atomic mass is 9.68. The number of hydrogen-bond donors (Lipinski definition) is 2. The van der Waals surface area contributed by atoms with Crippen molar-refractivity contribution in [2.45, 2.75) is 66.7 Å². The third kappa shape index (κ3) is 6.53. The second kappa shape index (κ2) is 11.8. The number of nitrogens with one attached hydrogen (secondary N) is 1. The molecule has 4 bridgehead atoms. The van der Waals surface area contributed by atoms with Gasteiger partial charge in [0, 0.05) is 41.5 Å². The minimum atomic E-state index is -0.424. The van der Waals surface area contributed by atoms with Gasteiger partial charge in [-0.2, -0.15) is 0 Å². The maximum absolute atomic E-state index is 13.9.